The number of nitrogens with zero attached hydrogens (tertiary/aromatic N) is 4. The van der Waals surface area contributed by atoms with Gasteiger partial charge < -0.3 is 20.9 Å². The molecule has 2 aromatic heterocycles. The van der Waals surface area contributed by atoms with Gasteiger partial charge in [-0.15, -0.1) is 11.8 Å². The summed E-state index contributed by atoms with van der Waals surface area (Å²) in [4.78, 5) is 19.4. The number of nitrogens with two attached hydrogens (primary N) is 1. The molecule has 0 aliphatic carbocycles. The molecule has 2 aromatic rings. The molecule has 1 amide bonds. The van der Waals surface area contributed by atoms with E-state index in [4.69, 9.17) is 15.6 Å². The summed E-state index contributed by atoms with van der Waals surface area (Å²) in [5, 5.41) is 31.0. The van der Waals surface area contributed by atoms with E-state index in [0.717, 1.165) is 0 Å². The monoisotopic (exact) mass is 398 g/mol. The van der Waals surface area contributed by atoms with Crippen LogP contribution in [0.4, 0.5) is 5.82 Å². The number of aliphatic hydroxyl groups excluding tert-OH is 1. The quantitative estimate of drug-likeness (QED) is 0.437. The zero-order chi connectivity index (χ0) is 20.5. The highest BCUT2D eigenvalue weighted by Gasteiger charge is 2.21. The highest BCUT2D eigenvalue weighted by Crippen LogP contribution is 2.35. The second-order valence-electron chi connectivity index (χ2n) is 5.43. The number of hydrogen-bond acceptors (Lipinski definition) is 9. The van der Waals surface area contributed by atoms with Crippen molar-refractivity contribution in [3.8, 4) is 29.1 Å². The fraction of sp³-hybridized carbons (Fsp3) is 0.278. The summed E-state index contributed by atoms with van der Waals surface area (Å²) in [6.45, 7) is 1.82. The van der Waals surface area contributed by atoms with Gasteiger partial charge in [0.1, 0.15) is 40.9 Å². The molecule has 28 heavy (non-hydrogen) atoms. The van der Waals surface area contributed by atoms with Crippen molar-refractivity contribution in [3.05, 3.63) is 29.5 Å². The van der Waals surface area contributed by atoms with Gasteiger partial charge in [0, 0.05) is 24.8 Å². The van der Waals surface area contributed by atoms with Crippen LogP contribution in [0.1, 0.15) is 18.1 Å². The SMILES string of the molecule is CC(=O)NCCSc1nc(N)c(C#N)c(-c2ccc(OCCO)cn2)c1C#N. The second-order valence-corrected chi connectivity index (χ2v) is 6.52. The van der Waals surface area contributed by atoms with Crippen molar-refractivity contribution in [2.75, 3.05) is 31.2 Å². The Labute approximate surface area is 166 Å². The number of aliphatic hydroxyl groups is 1. The Kier molecular flexibility index (Phi) is 7.57. The molecule has 0 spiro atoms. The largest absolute Gasteiger partial charge is 0.490 e. The number of carbonyl (C=O) groups is 1. The predicted octanol–water partition coefficient (Wildman–Crippen LogP) is 1.07. The Bertz CT molecular complexity index is 934. The Hall–Kier alpha value is -3.34. The Morgan fingerprint density at radius 1 is 1.36 bits per heavy atom. The number of pyridine rings is 2. The zero-order valence-corrected chi connectivity index (χ0v) is 15.9. The summed E-state index contributed by atoms with van der Waals surface area (Å²) in [5.74, 6) is 0.775. The van der Waals surface area contributed by atoms with Gasteiger partial charge in [-0.05, 0) is 12.1 Å². The maximum atomic E-state index is 11.0. The first-order valence-electron chi connectivity index (χ1n) is 8.22. The zero-order valence-electron chi connectivity index (χ0n) is 15.1. The maximum absolute atomic E-state index is 11.0. The van der Waals surface area contributed by atoms with E-state index in [0.29, 0.717) is 34.3 Å². The number of carbonyl (C=O) groups excluding carboxylic acids is 1. The van der Waals surface area contributed by atoms with Crippen LogP contribution in [0, 0.1) is 22.7 Å². The van der Waals surface area contributed by atoms with E-state index in [-0.39, 0.29) is 36.1 Å². The summed E-state index contributed by atoms with van der Waals surface area (Å²) in [5.41, 5.74) is 6.87. The molecular formula is C18H18N6O3S. The summed E-state index contributed by atoms with van der Waals surface area (Å²) < 4.78 is 5.27. The van der Waals surface area contributed by atoms with Crippen LogP contribution in [-0.2, 0) is 4.79 Å². The first kappa shape index (κ1) is 21.0. The Morgan fingerprint density at radius 3 is 2.68 bits per heavy atom. The van der Waals surface area contributed by atoms with Gasteiger partial charge in [-0.2, -0.15) is 10.5 Å². The van der Waals surface area contributed by atoms with Gasteiger partial charge in [-0.25, -0.2) is 4.98 Å². The number of rotatable bonds is 8. The van der Waals surface area contributed by atoms with Crippen molar-refractivity contribution < 1.29 is 14.6 Å². The molecule has 0 bridgehead atoms. The minimum Gasteiger partial charge on any atom is -0.490 e. The number of nitriles is 2. The molecule has 144 valence electrons. The van der Waals surface area contributed by atoms with Crippen molar-refractivity contribution in [2.45, 2.75) is 11.9 Å². The van der Waals surface area contributed by atoms with Crippen LogP contribution in [0.15, 0.2) is 23.4 Å². The molecule has 9 nitrogen and oxygen atoms in total. The lowest BCUT2D eigenvalue weighted by Crippen LogP contribution is -2.22. The minimum atomic E-state index is -0.151. The predicted molar refractivity (Wildman–Crippen MR) is 103 cm³/mol. The van der Waals surface area contributed by atoms with Crippen molar-refractivity contribution in [2.24, 2.45) is 0 Å². The van der Waals surface area contributed by atoms with Crippen LogP contribution in [0.3, 0.4) is 0 Å². The van der Waals surface area contributed by atoms with Crippen molar-refractivity contribution >= 4 is 23.5 Å². The van der Waals surface area contributed by atoms with Crippen molar-refractivity contribution in [1.82, 2.24) is 15.3 Å². The average molecular weight is 398 g/mol. The van der Waals surface area contributed by atoms with Crippen LogP contribution < -0.4 is 15.8 Å². The van der Waals surface area contributed by atoms with E-state index in [1.807, 2.05) is 6.07 Å². The number of hydrogen-bond donors (Lipinski definition) is 3. The number of nitrogens with one attached hydrogen (secondary N) is 1. The molecule has 0 atom stereocenters. The van der Waals surface area contributed by atoms with Gasteiger partial charge in [-0.3, -0.25) is 9.78 Å². The highest BCUT2D eigenvalue weighted by molar-refractivity contribution is 7.99. The number of nitrogen functional groups attached to an aromatic ring is 1. The summed E-state index contributed by atoms with van der Waals surface area (Å²) >= 11 is 1.25. The molecule has 0 fully saturated rings. The van der Waals surface area contributed by atoms with Crippen LogP contribution in [-0.4, -0.2) is 46.5 Å². The highest BCUT2D eigenvalue weighted by atomic mass is 32.2. The third-order valence-corrected chi connectivity index (χ3v) is 4.46. The second kappa shape index (κ2) is 10.1. The van der Waals surface area contributed by atoms with Crippen LogP contribution >= 0.6 is 11.8 Å². The minimum absolute atomic E-state index is 0.000865. The molecule has 2 rings (SSSR count). The first-order valence-corrected chi connectivity index (χ1v) is 9.21. The molecule has 0 aromatic carbocycles. The summed E-state index contributed by atoms with van der Waals surface area (Å²) in [7, 11) is 0. The molecule has 0 saturated heterocycles. The van der Waals surface area contributed by atoms with Crippen molar-refractivity contribution in [3.63, 3.8) is 0 Å². The number of ether oxygens (including phenoxy) is 1. The average Bonchev–Trinajstić information content (AvgIpc) is 2.69. The molecule has 0 aliphatic rings. The first-order chi connectivity index (χ1) is 13.5. The third kappa shape index (κ3) is 5.10. The van der Waals surface area contributed by atoms with Crippen LogP contribution in [0.5, 0.6) is 5.75 Å². The number of aromatic nitrogens is 2. The van der Waals surface area contributed by atoms with E-state index >= 15 is 0 Å². The maximum Gasteiger partial charge on any atom is 0.216 e. The Morgan fingerprint density at radius 2 is 2.11 bits per heavy atom. The number of amides is 1. The Balaban J connectivity index is 2.42. The van der Waals surface area contributed by atoms with Gasteiger partial charge in [-0.1, -0.05) is 0 Å². The molecule has 10 heteroatoms. The summed E-state index contributed by atoms with van der Waals surface area (Å²) in [6, 6.07) is 7.30. The van der Waals surface area contributed by atoms with E-state index in [1.165, 1.54) is 24.9 Å². The van der Waals surface area contributed by atoms with E-state index in [9.17, 15) is 15.3 Å². The molecule has 0 saturated carbocycles. The standard InChI is InChI=1S/C18H18N6O3S/c1-11(26)22-4-7-28-18-14(9-20)16(13(8-19)17(21)24-18)15-3-2-12(10-23-15)27-6-5-25/h2-3,10,25H,4-7H2,1H3,(H2,21,24)(H,22,26). The summed E-state index contributed by atoms with van der Waals surface area (Å²) in [6.07, 6.45) is 1.44. The van der Waals surface area contributed by atoms with Gasteiger partial charge in [0.2, 0.25) is 5.91 Å². The fourth-order valence-electron chi connectivity index (χ4n) is 2.31. The fourth-order valence-corrected chi connectivity index (χ4v) is 3.16. The van der Waals surface area contributed by atoms with Crippen molar-refractivity contribution in [1.29, 1.82) is 10.5 Å². The normalized spacial score (nSPS) is 10.0. The lowest BCUT2D eigenvalue weighted by Gasteiger charge is -2.13. The topological polar surface area (TPSA) is 158 Å². The van der Waals surface area contributed by atoms with Gasteiger partial charge in [0.15, 0.2) is 0 Å². The molecule has 0 unspecified atom stereocenters. The smallest absolute Gasteiger partial charge is 0.216 e. The van der Waals surface area contributed by atoms with Gasteiger partial charge in [0.25, 0.3) is 0 Å². The lowest BCUT2D eigenvalue weighted by molar-refractivity contribution is -0.118. The molecule has 2 heterocycles. The van der Waals surface area contributed by atoms with Gasteiger partial charge >= 0.3 is 0 Å². The number of thioether (sulfide) groups is 1. The van der Waals surface area contributed by atoms with Gasteiger partial charge in [0.05, 0.1) is 24.1 Å². The molecule has 4 N–H and O–H groups in total. The van der Waals surface area contributed by atoms with E-state index in [2.05, 4.69) is 21.4 Å². The molecule has 0 aliphatic heterocycles. The lowest BCUT2D eigenvalue weighted by atomic mass is 10.0. The van der Waals surface area contributed by atoms with Crippen LogP contribution in [0.2, 0.25) is 0 Å². The molecular weight excluding hydrogens is 380 g/mol. The van der Waals surface area contributed by atoms with E-state index < -0.39 is 0 Å². The van der Waals surface area contributed by atoms with Crippen LogP contribution in [0.25, 0.3) is 11.3 Å². The third-order valence-electron chi connectivity index (χ3n) is 3.48. The number of anilines is 1. The van der Waals surface area contributed by atoms with E-state index in [1.54, 1.807) is 12.1 Å². The molecule has 0 radical (unpaired) electrons.